The van der Waals surface area contributed by atoms with Gasteiger partial charge in [0.1, 0.15) is 0 Å². The van der Waals surface area contributed by atoms with E-state index in [0.29, 0.717) is 19.4 Å². The Balaban J connectivity index is 2.17. The van der Waals surface area contributed by atoms with Crippen molar-refractivity contribution in [3.8, 4) is 0 Å². The number of carbonyl (C=O) groups is 3. The monoisotopic (exact) mass is 296 g/mol. The summed E-state index contributed by atoms with van der Waals surface area (Å²) in [6.45, 7) is 2.37. The summed E-state index contributed by atoms with van der Waals surface area (Å²) in [5.74, 6) is -1.30. The molecule has 1 rings (SSSR count). The number of aromatic nitrogens is 2. The van der Waals surface area contributed by atoms with E-state index in [9.17, 15) is 14.4 Å². The third kappa shape index (κ3) is 7.71. The summed E-state index contributed by atoms with van der Waals surface area (Å²) in [6.07, 6.45) is 6.09. The molecule has 0 aliphatic heterocycles. The van der Waals surface area contributed by atoms with E-state index in [1.165, 1.54) is 0 Å². The van der Waals surface area contributed by atoms with Crippen LogP contribution < -0.4 is 10.6 Å². The van der Waals surface area contributed by atoms with Gasteiger partial charge in [-0.05, 0) is 19.8 Å². The molecule has 0 aliphatic carbocycles. The topological polar surface area (TPSA) is 113 Å². The van der Waals surface area contributed by atoms with Gasteiger partial charge in [0.2, 0.25) is 5.91 Å². The highest BCUT2D eigenvalue weighted by Gasteiger charge is 2.11. The molecule has 21 heavy (non-hydrogen) atoms. The maximum Gasteiger partial charge on any atom is 0.321 e. The fraction of sp³-hybridized carbons (Fsp3) is 0.538. The van der Waals surface area contributed by atoms with Gasteiger partial charge in [-0.2, -0.15) is 0 Å². The second kappa shape index (κ2) is 8.72. The van der Waals surface area contributed by atoms with Crippen molar-refractivity contribution in [3.63, 3.8) is 0 Å². The average molecular weight is 296 g/mol. The third-order valence-corrected chi connectivity index (χ3v) is 2.72. The van der Waals surface area contributed by atoms with Gasteiger partial charge in [0.05, 0.1) is 6.33 Å². The minimum atomic E-state index is -0.888. The Labute approximate surface area is 122 Å². The van der Waals surface area contributed by atoms with E-state index in [0.717, 1.165) is 0 Å². The number of imide groups is 1. The summed E-state index contributed by atoms with van der Waals surface area (Å²) in [4.78, 5) is 37.2. The molecule has 0 saturated heterocycles. The molecule has 1 heterocycles. The quantitative estimate of drug-likeness (QED) is 0.612. The van der Waals surface area contributed by atoms with Crippen LogP contribution in [0.4, 0.5) is 4.79 Å². The number of carbonyl (C=O) groups excluding carboxylic acids is 2. The number of aliphatic carboxylic acids is 1. The average Bonchev–Trinajstić information content (AvgIpc) is 2.86. The first kappa shape index (κ1) is 16.7. The van der Waals surface area contributed by atoms with Crippen molar-refractivity contribution in [2.24, 2.45) is 0 Å². The highest BCUT2D eigenvalue weighted by Crippen LogP contribution is 1.99. The van der Waals surface area contributed by atoms with Crippen LogP contribution in [-0.4, -0.2) is 38.6 Å². The van der Waals surface area contributed by atoms with Gasteiger partial charge in [-0.3, -0.25) is 14.9 Å². The van der Waals surface area contributed by atoms with Crippen LogP contribution in [0.5, 0.6) is 0 Å². The Morgan fingerprint density at radius 3 is 2.62 bits per heavy atom. The highest BCUT2D eigenvalue weighted by atomic mass is 16.4. The predicted molar refractivity (Wildman–Crippen MR) is 74.5 cm³/mol. The number of hydrogen-bond acceptors (Lipinski definition) is 4. The zero-order valence-corrected chi connectivity index (χ0v) is 11.9. The lowest BCUT2D eigenvalue weighted by molar-refractivity contribution is -0.137. The maximum absolute atomic E-state index is 11.6. The number of imidazole rings is 1. The van der Waals surface area contributed by atoms with Crippen LogP contribution in [-0.2, 0) is 16.1 Å². The van der Waals surface area contributed by atoms with E-state index < -0.39 is 17.9 Å². The Morgan fingerprint density at radius 1 is 1.29 bits per heavy atom. The van der Waals surface area contributed by atoms with E-state index in [4.69, 9.17) is 5.11 Å². The van der Waals surface area contributed by atoms with Crippen LogP contribution in [0, 0.1) is 0 Å². The van der Waals surface area contributed by atoms with Gasteiger partial charge in [0.25, 0.3) is 0 Å². The number of nitrogens with one attached hydrogen (secondary N) is 2. The van der Waals surface area contributed by atoms with Gasteiger partial charge in [0.15, 0.2) is 0 Å². The van der Waals surface area contributed by atoms with E-state index in [1.54, 1.807) is 18.7 Å². The van der Waals surface area contributed by atoms with Crippen molar-refractivity contribution in [2.75, 3.05) is 0 Å². The summed E-state index contributed by atoms with van der Waals surface area (Å²) in [5, 5.41) is 13.3. The Bertz CT molecular complexity index is 473. The molecule has 0 aromatic carbocycles. The van der Waals surface area contributed by atoms with Gasteiger partial charge in [0, 0.05) is 37.8 Å². The molecule has 1 aromatic rings. The second-order valence-corrected chi connectivity index (χ2v) is 4.78. The molecule has 0 fully saturated rings. The molecule has 0 aliphatic rings. The number of hydrogen-bond donors (Lipinski definition) is 3. The maximum atomic E-state index is 11.6. The molecule has 8 heteroatoms. The molecule has 0 saturated carbocycles. The van der Waals surface area contributed by atoms with Crippen molar-refractivity contribution in [2.45, 2.75) is 45.2 Å². The minimum absolute atomic E-state index is 0.0292. The molecule has 0 spiro atoms. The largest absolute Gasteiger partial charge is 0.481 e. The van der Waals surface area contributed by atoms with E-state index >= 15 is 0 Å². The summed E-state index contributed by atoms with van der Waals surface area (Å²) in [5.41, 5.74) is 0. The molecular formula is C13H20N4O4. The van der Waals surface area contributed by atoms with Gasteiger partial charge in [-0.25, -0.2) is 9.78 Å². The smallest absolute Gasteiger partial charge is 0.321 e. The van der Waals surface area contributed by atoms with Gasteiger partial charge in [-0.15, -0.1) is 0 Å². The predicted octanol–water partition coefficient (Wildman–Crippen LogP) is 0.742. The van der Waals surface area contributed by atoms with E-state index in [2.05, 4.69) is 15.6 Å². The molecule has 0 bridgehead atoms. The standard InChI is InChI=1S/C13H20N4O4/c1-10(8-17-7-6-14-9-17)15-13(21)16-11(18)4-2-3-5-12(19)20/h6-7,9-10H,2-5,8H2,1H3,(H,19,20)(H2,15,16,18,21). The molecular weight excluding hydrogens is 276 g/mol. The van der Waals surface area contributed by atoms with Crippen LogP contribution in [0.2, 0.25) is 0 Å². The van der Waals surface area contributed by atoms with Crippen molar-refractivity contribution >= 4 is 17.9 Å². The van der Waals surface area contributed by atoms with Crippen LogP contribution >= 0.6 is 0 Å². The van der Waals surface area contributed by atoms with Crippen LogP contribution in [0.1, 0.15) is 32.6 Å². The minimum Gasteiger partial charge on any atom is -0.481 e. The highest BCUT2D eigenvalue weighted by molar-refractivity contribution is 5.94. The van der Waals surface area contributed by atoms with Gasteiger partial charge >= 0.3 is 12.0 Å². The van der Waals surface area contributed by atoms with E-state index in [-0.39, 0.29) is 18.9 Å². The van der Waals surface area contributed by atoms with Crippen molar-refractivity contribution in [3.05, 3.63) is 18.7 Å². The number of urea groups is 1. The molecule has 3 N–H and O–H groups in total. The lowest BCUT2D eigenvalue weighted by Crippen LogP contribution is -2.44. The lowest BCUT2D eigenvalue weighted by Gasteiger charge is -2.14. The number of carboxylic acid groups (broad SMARTS) is 1. The molecule has 3 amide bonds. The molecule has 1 unspecified atom stereocenters. The molecule has 8 nitrogen and oxygen atoms in total. The normalized spacial score (nSPS) is 11.7. The molecule has 1 atom stereocenters. The van der Waals surface area contributed by atoms with Crippen LogP contribution in [0.3, 0.4) is 0 Å². The molecule has 0 radical (unpaired) electrons. The molecule has 1 aromatic heterocycles. The van der Waals surface area contributed by atoms with Crippen molar-refractivity contribution in [1.82, 2.24) is 20.2 Å². The van der Waals surface area contributed by atoms with Crippen molar-refractivity contribution < 1.29 is 19.5 Å². The SMILES string of the molecule is CC(Cn1ccnc1)NC(=O)NC(=O)CCCCC(=O)O. The van der Waals surface area contributed by atoms with Crippen LogP contribution in [0.25, 0.3) is 0 Å². The summed E-state index contributed by atoms with van der Waals surface area (Å²) in [6, 6.07) is -0.704. The zero-order valence-electron chi connectivity index (χ0n) is 11.9. The number of unbranched alkanes of at least 4 members (excludes halogenated alkanes) is 1. The Kier molecular flexibility index (Phi) is 6.93. The number of rotatable bonds is 8. The van der Waals surface area contributed by atoms with Gasteiger partial charge < -0.3 is 15.0 Å². The number of amides is 3. The lowest BCUT2D eigenvalue weighted by atomic mass is 10.2. The Hall–Kier alpha value is -2.38. The second-order valence-electron chi connectivity index (χ2n) is 4.78. The fourth-order valence-electron chi connectivity index (χ4n) is 1.77. The summed E-state index contributed by atoms with van der Waals surface area (Å²) >= 11 is 0. The zero-order chi connectivity index (χ0) is 15.7. The fourth-order valence-corrected chi connectivity index (χ4v) is 1.77. The van der Waals surface area contributed by atoms with Crippen molar-refractivity contribution in [1.29, 1.82) is 0 Å². The van der Waals surface area contributed by atoms with Gasteiger partial charge in [-0.1, -0.05) is 0 Å². The summed E-state index contributed by atoms with van der Waals surface area (Å²) in [7, 11) is 0. The first-order valence-electron chi connectivity index (χ1n) is 6.75. The van der Waals surface area contributed by atoms with Crippen LogP contribution in [0.15, 0.2) is 18.7 Å². The summed E-state index contributed by atoms with van der Waals surface area (Å²) < 4.78 is 1.82. The number of carboxylic acids is 1. The third-order valence-electron chi connectivity index (χ3n) is 2.72. The molecule has 116 valence electrons. The Morgan fingerprint density at radius 2 is 2.00 bits per heavy atom. The first-order valence-corrected chi connectivity index (χ1v) is 6.75. The van der Waals surface area contributed by atoms with E-state index in [1.807, 2.05) is 11.5 Å². The number of nitrogens with zero attached hydrogens (tertiary/aromatic N) is 2. The first-order chi connectivity index (χ1) is 9.97.